The first-order valence-electron chi connectivity index (χ1n) is 6.66. The van der Waals surface area contributed by atoms with Crippen LogP contribution < -0.4 is 0 Å². The Morgan fingerprint density at radius 2 is 2.06 bits per heavy atom. The minimum Gasteiger partial charge on any atom is -0.377 e. The smallest absolute Gasteiger partial charge is 0.241 e. The summed E-state index contributed by atoms with van der Waals surface area (Å²) in [7, 11) is -3.23. The van der Waals surface area contributed by atoms with Crippen LogP contribution in [0.1, 0.15) is 32.1 Å². The summed E-state index contributed by atoms with van der Waals surface area (Å²) in [5, 5.41) is -0.790. The first-order valence-corrected chi connectivity index (χ1v) is 8.38. The van der Waals surface area contributed by atoms with E-state index in [1.165, 1.54) is 0 Å². The number of hydrogen-bond acceptors (Lipinski definition) is 4. The van der Waals surface area contributed by atoms with Crippen molar-refractivity contribution in [3.8, 4) is 0 Å². The minimum atomic E-state index is -3.23. The molecule has 1 saturated carbocycles. The fourth-order valence-corrected chi connectivity index (χ4v) is 4.89. The molecule has 0 aromatic heterocycles. The van der Waals surface area contributed by atoms with E-state index in [1.54, 1.807) is 4.90 Å². The van der Waals surface area contributed by atoms with E-state index in [0.29, 0.717) is 32.6 Å². The highest BCUT2D eigenvalue weighted by Crippen LogP contribution is 2.44. The van der Waals surface area contributed by atoms with Crippen LogP contribution in [0.15, 0.2) is 0 Å². The second kappa shape index (κ2) is 4.20. The number of morpholine rings is 1. The third kappa shape index (κ3) is 1.95. The van der Waals surface area contributed by atoms with E-state index in [9.17, 15) is 13.2 Å². The lowest BCUT2D eigenvalue weighted by Gasteiger charge is -2.38. The molecule has 1 unspecified atom stereocenters. The van der Waals surface area contributed by atoms with Gasteiger partial charge in [0.1, 0.15) is 5.25 Å². The van der Waals surface area contributed by atoms with Crippen molar-refractivity contribution in [3.63, 3.8) is 0 Å². The van der Waals surface area contributed by atoms with Crippen molar-refractivity contribution in [2.45, 2.75) is 42.9 Å². The van der Waals surface area contributed by atoms with Crippen LogP contribution in [-0.4, -0.2) is 55.5 Å². The van der Waals surface area contributed by atoms with Gasteiger partial charge in [0.15, 0.2) is 9.84 Å². The number of carbonyl (C=O) groups is 1. The Kier molecular flexibility index (Phi) is 2.90. The third-order valence-electron chi connectivity index (χ3n) is 4.35. The molecule has 6 heteroatoms. The van der Waals surface area contributed by atoms with Gasteiger partial charge in [-0.1, -0.05) is 6.42 Å². The van der Waals surface area contributed by atoms with Gasteiger partial charge in [0.2, 0.25) is 5.91 Å². The highest BCUT2D eigenvalue weighted by Gasteiger charge is 2.54. The summed E-state index contributed by atoms with van der Waals surface area (Å²) in [5.74, 6) is -0.00343. The van der Waals surface area contributed by atoms with Gasteiger partial charge in [-0.2, -0.15) is 0 Å². The fraction of sp³-hybridized carbons (Fsp3) is 0.917. The molecule has 2 aliphatic heterocycles. The quantitative estimate of drug-likeness (QED) is 0.691. The van der Waals surface area contributed by atoms with Gasteiger partial charge in [-0.25, -0.2) is 8.42 Å². The number of amides is 1. The summed E-state index contributed by atoms with van der Waals surface area (Å²) < 4.78 is 29.5. The molecule has 5 nitrogen and oxygen atoms in total. The van der Waals surface area contributed by atoms with Gasteiger partial charge in [0.05, 0.1) is 24.5 Å². The number of rotatable bonds is 1. The van der Waals surface area contributed by atoms with Crippen molar-refractivity contribution in [2.24, 2.45) is 0 Å². The van der Waals surface area contributed by atoms with Gasteiger partial charge in [0.25, 0.3) is 0 Å². The van der Waals surface area contributed by atoms with Gasteiger partial charge >= 0.3 is 0 Å². The van der Waals surface area contributed by atoms with Crippen LogP contribution in [0.3, 0.4) is 0 Å². The van der Waals surface area contributed by atoms with Crippen LogP contribution in [0.2, 0.25) is 0 Å². The predicted molar refractivity (Wildman–Crippen MR) is 65.9 cm³/mol. The molecular formula is C12H19NO4S. The number of carbonyl (C=O) groups excluding carboxylic acids is 1. The largest absolute Gasteiger partial charge is 0.377 e. The lowest BCUT2D eigenvalue weighted by molar-refractivity contribution is -0.141. The van der Waals surface area contributed by atoms with Crippen LogP contribution in [0, 0.1) is 0 Å². The van der Waals surface area contributed by atoms with Crippen molar-refractivity contribution < 1.29 is 17.9 Å². The number of ether oxygens (including phenoxy) is 1. The highest BCUT2D eigenvalue weighted by atomic mass is 32.2. The van der Waals surface area contributed by atoms with Crippen LogP contribution in [0.5, 0.6) is 0 Å². The summed E-state index contributed by atoms with van der Waals surface area (Å²) in [4.78, 5) is 14.3. The van der Waals surface area contributed by atoms with E-state index in [4.69, 9.17) is 4.74 Å². The summed E-state index contributed by atoms with van der Waals surface area (Å²) in [6, 6.07) is 0. The monoisotopic (exact) mass is 273 g/mol. The zero-order valence-electron chi connectivity index (χ0n) is 10.4. The zero-order chi connectivity index (χ0) is 12.8. The molecule has 3 aliphatic rings. The molecule has 0 N–H and O–H groups in total. The van der Waals surface area contributed by atoms with Crippen molar-refractivity contribution in [1.82, 2.24) is 4.90 Å². The first-order chi connectivity index (χ1) is 8.55. The third-order valence-corrected chi connectivity index (χ3v) is 6.51. The zero-order valence-corrected chi connectivity index (χ0v) is 11.2. The Hall–Kier alpha value is -0.620. The summed E-state index contributed by atoms with van der Waals surface area (Å²) in [5.41, 5.74) is -0.164. The molecule has 3 fully saturated rings. The van der Waals surface area contributed by atoms with E-state index in [0.717, 1.165) is 19.3 Å². The Morgan fingerprint density at radius 3 is 2.72 bits per heavy atom. The van der Waals surface area contributed by atoms with Gasteiger partial charge in [0, 0.05) is 6.54 Å². The summed E-state index contributed by atoms with van der Waals surface area (Å²) in [6.45, 7) is 1.65. The standard InChI is InChI=1S/C12H19NO4S/c14-11(10-3-1-2-8-18(10,15)16)13-6-7-17-9-12(13)4-5-12/h10H,1-9H2. The Labute approximate surface area is 107 Å². The van der Waals surface area contributed by atoms with Crippen molar-refractivity contribution in [3.05, 3.63) is 0 Å². The van der Waals surface area contributed by atoms with Gasteiger partial charge < -0.3 is 9.64 Å². The molecule has 1 aliphatic carbocycles. The van der Waals surface area contributed by atoms with Crippen molar-refractivity contribution in [1.29, 1.82) is 0 Å². The second-order valence-electron chi connectivity index (χ2n) is 5.62. The Balaban J connectivity index is 1.81. The van der Waals surface area contributed by atoms with E-state index >= 15 is 0 Å². The molecule has 1 spiro atoms. The number of hydrogen-bond donors (Lipinski definition) is 0. The van der Waals surface area contributed by atoms with E-state index in [-0.39, 0.29) is 17.2 Å². The lowest BCUT2D eigenvalue weighted by Crippen LogP contribution is -2.55. The molecule has 18 heavy (non-hydrogen) atoms. The SMILES string of the molecule is O=C(C1CCCCS1(=O)=O)N1CCOCC12CC2. The molecule has 2 heterocycles. The molecule has 1 amide bonds. The molecule has 0 bridgehead atoms. The highest BCUT2D eigenvalue weighted by molar-refractivity contribution is 7.92. The molecule has 2 saturated heterocycles. The Bertz CT molecular complexity index is 455. The first kappa shape index (κ1) is 12.4. The van der Waals surface area contributed by atoms with Crippen LogP contribution in [0.25, 0.3) is 0 Å². The van der Waals surface area contributed by atoms with E-state index < -0.39 is 15.1 Å². The summed E-state index contributed by atoms with van der Waals surface area (Å²) >= 11 is 0. The molecule has 1 atom stereocenters. The van der Waals surface area contributed by atoms with E-state index in [2.05, 4.69) is 0 Å². The van der Waals surface area contributed by atoms with Gasteiger partial charge in [-0.3, -0.25) is 4.79 Å². The average Bonchev–Trinajstić information content (AvgIpc) is 3.09. The minimum absolute atomic E-state index is 0.164. The average molecular weight is 273 g/mol. The second-order valence-corrected chi connectivity index (χ2v) is 7.92. The van der Waals surface area contributed by atoms with Crippen molar-refractivity contribution >= 4 is 15.7 Å². The topological polar surface area (TPSA) is 63.7 Å². The lowest BCUT2D eigenvalue weighted by atomic mass is 10.1. The van der Waals surface area contributed by atoms with Crippen LogP contribution in [-0.2, 0) is 19.4 Å². The number of sulfone groups is 1. The fourth-order valence-electron chi connectivity index (χ4n) is 3.04. The summed E-state index contributed by atoms with van der Waals surface area (Å²) in [6.07, 6.45) is 3.93. The van der Waals surface area contributed by atoms with E-state index in [1.807, 2.05) is 0 Å². The molecular weight excluding hydrogens is 254 g/mol. The molecule has 102 valence electrons. The predicted octanol–water partition coefficient (Wildman–Crippen LogP) is 0.345. The molecule has 0 radical (unpaired) electrons. The van der Waals surface area contributed by atoms with Crippen LogP contribution in [0.4, 0.5) is 0 Å². The maximum Gasteiger partial charge on any atom is 0.241 e. The maximum absolute atomic E-state index is 12.5. The van der Waals surface area contributed by atoms with Crippen molar-refractivity contribution in [2.75, 3.05) is 25.5 Å². The molecule has 0 aromatic carbocycles. The van der Waals surface area contributed by atoms with Gasteiger partial charge in [-0.05, 0) is 25.7 Å². The van der Waals surface area contributed by atoms with Crippen LogP contribution >= 0.6 is 0 Å². The normalized spacial score (nSPS) is 33.3. The number of nitrogens with zero attached hydrogens (tertiary/aromatic N) is 1. The Morgan fingerprint density at radius 1 is 1.28 bits per heavy atom. The molecule has 3 rings (SSSR count). The maximum atomic E-state index is 12.5. The van der Waals surface area contributed by atoms with Gasteiger partial charge in [-0.15, -0.1) is 0 Å². The molecule has 0 aromatic rings.